The number of aromatic nitrogens is 3. The molecule has 2 aliphatic heterocycles. The van der Waals surface area contributed by atoms with Crippen molar-refractivity contribution in [2.45, 2.75) is 50.6 Å². The third kappa shape index (κ3) is 6.88. The van der Waals surface area contributed by atoms with E-state index in [1.54, 1.807) is 6.07 Å². The monoisotopic (exact) mass is 622 g/mol. The lowest BCUT2D eigenvalue weighted by molar-refractivity contribution is -0.126. The summed E-state index contributed by atoms with van der Waals surface area (Å²) in [4.78, 5) is 25.4. The van der Waals surface area contributed by atoms with Gasteiger partial charge in [-0.15, -0.1) is 11.3 Å². The number of anilines is 1. The number of carbonyl (C=O) groups excluding carboxylic acids is 1. The van der Waals surface area contributed by atoms with Crippen LogP contribution in [0.2, 0.25) is 0 Å². The predicted octanol–water partition coefficient (Wildman–Crippen LogP) is 4.69. The van der Waals surface area contributed by atoms with Crippen LogP contribution < -0.4 is 10.6 Å². The van der Waals surface area contributed by atoms with Gasteiger partial charge < -0.3 is 15.2 Å². The Morgan fingerprint density at radius 1 is 1.11 bits per heavy atom. The average Bonchev–Trinajstić information content (AvgIpc) is 3.54. The molecule has 13 heteroatoms. The zero-order valence-corrected chi connectivity index (χ0v) is 24.9. The van der Waals surface area contributed by atoms with Gasteiger partial charge in [-0.2, -0.15) is 18.4 Å². The minimum atomic E-state index is -4.26. The highest BCUT2D eigenvalue weighted by molar-refractivity contribution is 7.18. The van der Waals surface area contributed by atoms with Gasteiger partial charge in [0.1, 0.15) is 28.7 Å². The van der Waals surface area contributed by atoms with Crippen molar-refractivity contribution in [2.75, 3.05) is 38.0 Å². The van der Waals surface area contributed by atoms with Crippen LogP contribution in [0.15, 0.2) is 49.3 Å². The predicted molar refractivity (Wildman–Crippen MR) is 164 cm³/mol. The van der Waals surface area contributed by atoms with Crippen LogP contribution in [0.25, 0.3) is 21.1 Å². The van der Waals surface area contributed by atoms with Gasteiger partial charge in [0.25, 0.3) is 0 Å². The summed E-state index contributed by atoms with van der Waals surface area (Å²) in [5, 5.41) is 17.8. The van der Waals surface area contributed by atoms with Crippen LogP contribution in [0.5, 0.6) is 0 Å². The summed E-state index contributed by atoms with van der Waals surface area (Å²) in [6.07, 6.45) is -0.755. The number of nitrogens with zero attached hydrogens (tertiary/aromatic N) is 6. The number of piperidine rings is 1. The van der Waals surface area contributed by atoms with Gasteiger partial charge >= 0.3 is 6.18 Å². The molecular weight excluding hydrogens is 589 g/mol. The summed E-state index contributed by atoms with van der Waals surface area (Å²) >= 11 is 1.06. The average molecular weight is 623 g/mol. The zero-order chi connectivity index (χ0) is 30.8. The van der Waals surface area contributed by atoms with E-state index in [-0.39, 0.29) is 22.9 Å². The Balaban J connectivity index is 1.03. The molecule has 1 amide bonds. The standard InChI is InChI=1S/C31H33F3N8OS/c1-2-28(43)38-23-17-41(18-23)9-10-42-24(15-35)12-21-11-20(3-4-27(21)42)16-40-7-5-22(6-8-40)39-29-26-13-25(14-31(32,33)34)44-30(26)37-19-36-29/h2-4,11-13,19,22-23H,1,5-10,14,16-18H2,(H,38,43)(H,36,37,39). The van der Waals surface area contributed by atoms with Crippen molar-refractivity contribution in [3.05, 3.63) is 65.4 Å². The number of fused-ring (bicyclic) bond motifs is 2. The quantitative estimate of drug-likeness (QED) is 0.248. The number of nitriles is 1. The maximum Gasteiger partial charge on any atom is 0.393 e. The molecule has 6 rings (SSSR count). The maximum absolute atomic E-state index is 12.9. The van der Waals surface area contributed by atoms with Gasteiger partial charge in [0, 0.05) is 67.6 Å². The number of nitrogens with one attached hydrogen (secondary N) is 2. The van der Waals surface area contributed by atoms with E-state index in [0.29, 0.717) is 28.3 Å². The lowest BCUT2D eigenvalue weighted by atomic mass is 10.0. The van der Waals surface area contributed by atoms with Crippen LogP contribution in [0, 0.1) is 11.3 Å². The molecule has 2 aliphatic rings. The zero-order valence-electron chi connectivity index (χ0n) is 24.1. The topological polar surface area (TPSA) is 102 Å². The molecule has 3 aromatic heterocycles. The van der Waals surface area contributed by atoms with Crippen molar-refractivity contribution in [3.63, 3.8) is 0 Å². The number of hydrogen-bond donors (Lipinski definition) is 2. The van der Waals surface area contributed by atoms with E-state index in [1.807, 2.05) is 6.07 Å². The van der Waals surface area contributed by atoms with Gasteiger partial charge in [0.05, 0.1) is 17.8 Å². The van der Waals surface area contributed by atoms with Crippen LogP contribution in [0.4, 0.5) is 19.0 Å². The molecule has 4 aromatic rings. The second-order valence-electron chi connectivity index (χ2n) is 11.5. The molecule has 0 unspecified atom stereocenters. The van der Waals surface area contributed by atoms with Crippen molar-refractivity contribution < 1.29 is 18.0 Å². The molecule has 0 aliphatic carbocycles. The first-order valence-electron chi connectivity index (χ1n) is 14.6. The Labute approximate surface area is 257 Å². The molecule has 230 valence electrons. The molecule has 0 atom stereocenters. The molecule has 0 spiro atoms. The number of hydrogen-bond acceptors (Lipinski definition) is 8. The number of carbonyl (C=O) groups is 1. The van der Waals surface area contributed by atoms with E-state index >= 15 is 0 Å². The molecule has 5 heterocycles. The first kappa shape index (κ1) is 30.1. The van der Waals surface area contributed by atoms with Crippen LogP contribution >= 0.6 is 11.3 Å². The van der Waals surface area contributed by atoms with Crippen molar-refractivity contribution >= 4 is 44.2 Å². The number of thiophene rings is 1. The Morgan fingerprint density at radius 3 is 2.64 bits per heavy atom. The highest BCUT2D eigenvalue weighted by Crippen LogP contribution is 2.33. The number of likely N-dealkylation sites (tertiary alicyclic amines) is 2. The summed E-state index contributed by atoms with van der Waals surface area (Å²) in [6, 6.07) is 12.5. The Bertz CT molecular complexity index is 1710. The largest absolute Gasteiger partial charge is 0.393 e. The summed E-state index contributed by atoms with van der Waals surface area (Å²) in [6.45, 7) is 9.11. The molecule has 0 radical (unpaired) electrons. The van der Waals surface area contributed by atoms with E-state index < -0.39 is 12.6 Å². The summed E-state index contributed by atoms with van der Waals surface area (Å²) in [5.74, 6) is 0.440. The Hall–Kier alpha value is -3.99. The van der Waals surface area contributed by atoms with E-state index in [1.165, 1.54) is 18.0 Å². The van der Waals surface area contributed by atoms with E-state index in [0.717, 1.165) is 74.3 Å². The number of amides is 1. The number of alkyl halides is 3. The van der Waals surface area contributed by atoms with Gasteiger partial charge in [-0.05, 0) is 48.7 Å². The van der Waals surface area contributed by atoms with Crippen molar-refractivity contribution in [1.29, 1.82) is 5.26 Å². The third-order valence-electron chi connectivity index (χ3n) is 8.30. The molecule has 9 nitrogen and oxygen atoms in total. The second kappa shape index (κ2) is 12.6. The normalized spacial score (nSPS) is 17.0. The fourth-order valence-corrected chi connectivity index (χ4v) is 7.12. The van der Waals surface area contributed by atoms with E-state index in [9.17, 15) is 23.2 Å². The number of halogens is 3. The van der Waals surface area contributed by atoms with Crippen LogP contribution in [-0.2, 0) is 24.3 Å². The molecule has 0 bridgehead atoms. The van der Waals surface area contributed by atoms with Crippen molar-refractivity contribution in [2.24, 2.45) is 0 Å². The SMILES string of the molecule is C=CC(=O)NC1CN(CCn2c(C#N)cc3cc(CN4CCC(Nc5ncnc6sc(CC(F)(F)F)cc56)CC4)ccc32)C1. The fourth-order valence-electron chi connectivity index (χ4n) is 6.09. The summed E-state index contributed by atoms with van der Waals surface area (Å²) in [7, 11) is 0. The first-order valence-corrected chi connectivity index (χ1v) is 15.5. The second-order valence-corrected chi connectivity index (χ2v) is 12.6. The Kier molecular flexibility index (Phi) is 8.57. The molecule has 2 N–H and O–H groups in total. The van der Waals surface area contributed by atoms with E-state index in [4.69, 9.17) is 0 Å². The van der Waals surface area contributed by atoms with E-state index in [2.05, 4.69) is 65.8 Å². The minimum Gasteiger partial charge on any atom is -0.367 e. The van der Waals surface area contributed by atoms with Gasteiger partial charge in [-0.1, -0.05) is 12.6 Å². The first-order chi connectivity index (χ1) is 21.2. The summed E-state index contributed by atoms with van der Waals surface area (Å²) < 4.78 is 40.7. The lowest BCUT2D eigenvalue weighted by Crippen LogP contribution is -2.59. The van der Waals surface area contributed by atoms with Crippen LogP contribution in [-0.4, -0.2) is 81.2 Å². The molecule has 0 saturated carbocycles. The highest BCUT2D eigenvalue weighted by Gasteiger charge is 2.30. The van der Waals surface area contributed by atoms with Crippen molar-refractivity contribution in [1.82, 2.24) is 29.7 Å². The van der Waals surface area contributed by atoms with Gasteiger partial charge in [-0.3, -0.25) is 14.6 Å². The molecule has 2 saturated heterocycles. The fraction of sp³-hybridized carbons (Fsp3) is 0.419. The number of rotatable bonds is 10. The third-order valence-corrected chi connectivity index (χ3v) is 9.34. The van der Waals surface area contributed by atoms with Crippen LogP contribution in [0.1, 0.15) is 29.0 Å². The smallest absolute Gasteiger partial charge is 0.367 e. The maximum atomic E-state index is 12.9. The van der Waals surface area contributed by atoms with Crippen molar-refractivity contribution in [3.8, 4) is 6.07 Å². The number of benzene rings is 1. The molecule has 1 aromatic carbocycles. The lowest BCUT2D eigenvalue weighted by Gasteiger charge is -2.39. The molecule has 44 heavy (non-hydrogen) atoms. The summed E-state index contributed by atoms with van der Waals surface area (Å²) in [5.41, 5.74) is 2.85. The minimum absolute atomic E-state index is 0.143. The molecular formula is C31H33F3N8OS. The molecule has 2 fully saturated rings. The van der Waals surface area contributed by atoms with Gasteiger partial charge in [0.2, 0.25) is 5.91 Å². The Morgan fingerprint density at radius 2 is 1.91 bits per heavy atom. The van der Waals surface area contributed by atoms with Gasteiger partial charge in [0.15, 0.2) is 0 Å². The van der Waals surface area contributed by atoms with Gasteiger partial charge in [-0.25, -0.2) is 9.97 Å². The highest BCUT2D eigenvalue weighted by atomic mass is 32.1. The van der Waals surface area contributed by atoms with Crippen LogP contribution in [0.3, 0.4) is 0 Å².